The summed E-state index contributed by atoms with van der Waals surface area (Å²) in [7, 11) is 0. The molecule has 1 amide bonds. The molecule has 0 atom stereocenters. The van der Waals surface area contributed by atoms with E-state index < -0.39 is 5.66 Å². The van der Waals surface area contributed by atoms with Crippen LogP contribution in [-0.4, -0.2) is 20.4 Å². The third-order valence-corrected chi connectivity index (χ3v) is 4.76. The monoisotopic (exact) mass is 362 g/mol. The maximum Gasteiger partial charge on any atom is 0.276 e. The van der Waals surface area contributed by atoms with Crippen molar-refractivity contribution in [2.24, 2.45) is 0 Å². The molecule has 1 saturated carbocycles. The predicted octanol–water partition coefficient (Wildman–Crippen LogP) is 1.66. The van der Waals surface area contributed by atoms with E-state index >= 15 is 0 Å². The number of nitrogen functional groups attached to an aromatic ring is 1. The molecule has 2 aromatic heterocycles. The molecule has 4 N–H and O–H groups in total. The molecule has 25 heavy (non-hydrogen) atoms. The number of hydrogen-bond donors (Lipinski definition) is 3. The fourth-order valence-corrected chi connectivity index (χ4v) is 3.74. The van der Waals surface area contributed by atoms with Gasteiger partial charge in [0.15, 0.2) is 0 Å². The van der Waals surface area contributed by atoms with Gasteiger partial charge in [-0.05, 0) is 44.2 Å². The standard InChI is InChI=1S/C16H18N6O2.ClH/c1-9-6-10(20-12-7-11(17)18-8-19-12)15(24)22-13(9)14(23)21-16(22)4-2-3-5-16;/h6-8H,2-5H2,1H3,(H,21,23)(H3,17,18,19,20);1H. The number of aryl methyl sites for hydroxylation is 1. The minimum Gasteiger partial charge on any atom is -0.384 e. The van der Waals surface area contributed by atoms with E-state index in [-0.39, 0.29) is 23.9 Å². The van der Waals surface area contributed by atoms with Crippen LogP contribution in [0.3, 0.4) is 0 Å². The summed E-state index contributed by atoms with van der Waals surface area (Å²) in [6.45, 7) is 1.83. The summed E-state index contributed by atoms with van der Waals surface area (Å²) in [4.78, 5) is 33.3. The molecule has 0 bridgehead atoms. The molecular formula is C16H19ClN6O2. The normalized spacial score (nSPS) is 17.1. The molecule has 132 valence electrons. The Labute approximate surface area is 150 Å². The van der Waals surface area contributed by atoms with Gasteiger partial charge in [0.05, 0.1) is 0 Å². The first-order chi connectivity index (χ1) is 11.5. The molecule has 2 aromatic rings. The molecular weight excluding hydrogens is 344 g/mol. The number of nitrogens with zero attached hydrogens (tertiary/aromatic N) is 3. The van der Waals surface area contributed by atoms with E-state index in [4.69, 9.17) is 5.73 Å². The lowest BCUT2D eigenvalue weighted by Crippen LogP contribution is -2.45. The zero-order chi connectivity index (χ0) is 16.9. The summed E-state index contributed by atoms with van der Waals surface area (Å²) in [5.41, 5.74) is 6.41. The molecule has 8 nitrogen and oxygen atoms in total. The van der Waals surface area contributed by atoms with Gasteiger partial charge >= 0.3 is 0 Å². The van der Waals surface area contributed by atoms with Crippen LogP contribution in [0.4, 0.5) is 17.3 Å². The maximum absolute atomic E-state index is 13.0. The van der Waals surface area contributed by atoms with E-state index in [0.717, 1.165) is 31.2 Å². The number of aromatic nitrogens is 3. The highest BCUT2D eigenvalue weighted by Crippen LogP contribution is 2.38. The van der Waals surface area contributed by atoms with Crippen LogP contribution in [0.2, 0.25) is 0 Å². The number of rotatable bonds is 2. The average molecular weight is 363 g/mol. The van der Waals surface area contributed by atoms with Crippen molar-refractivity contribution in [2.75, 3.05) is 11.1 Å². The Balaban J connectivity index is 0.00000182. The smallest absolute Gasteiger partial charge is 0.276 e. The number of hydrogen-bond acceptors (Lipinski definition) is 6. The fraction of sp³-hybridized carbons (Fsp3) is 0.375. The van der Waals surface area contributed by atoms with Crippen LogP contribution in [0, 0.1) is 6.92 Å². The second-order valence-electron chi connectivity index (χ2n) is 6.38. The van der Waals surface area contributed by atoms with Gasteiger partial charge in [-0.1, -0.05) is 0 Å². The van der Waals surface area contributed by atoms with Crippen molar-refractivity contribution in [1.29, 1.82) is 0 Å². The highest BCUT2D eigenvalue weighted by molar-refractivity contribution is 5.97. The first-order valence-corrected chi connectivity index (χ1v) is 7.94. The number of carbonyl (C=O) groups is 1. The first kappa shape index (κ1) is 17.2. The number of fused-ring (bicyclic) bond motifs is 2. The molecule has 0 saturated heterocycles. The van der Waals surface area contributed by atoms with Crippen molar-refractivity contribution in [3.63, 3.8) is 0 Å². The number of halogens is 1. The summed E-state index contributed by atoms with van der Waals surface area (Å²) in [6, 6.07) is 3.24. The number of anilines is 3. The Morgan fingerprint density at radius 2 is 1.96 bits per heavy atom. The van der Waals surface area contributed by atoms with E-state index in [1.165, 1.54) is 6.33 Å². The van der Waals surface area contributed by atoms with E-state index in [2.05, 4.69) is 20.6 Å². The molecule has 2 aliphatic rings. The third-order valence-electron chi connectivity index (χ3n) is 4.76. The van der Waals surface area contributed by atoms with Crippen LogP contribution >= 0.6 is 12.4 Å². The molecule has 1 spiro atoms. The third kappa shape index (κ3) is 2.62. The van der Waals surface area contributed by atoms with E-state index in [1.807, 2.05) is 6.92 Å². The van der Waals surface area contributed by atoms with E-state index in [1.54, 1.807) is 16.7 Å². The van der Waals surface area contributed by atoms with Gasteiger partial charge in [0.25, 0.3) is 11.5 Å². The number of carbonyl (C=O) groups excluding carboxylic acids is 1. The summed E-state index contributed by atoms with van der Waals surface area (Å²) < 4.78 is 1.63. The highest BCUT2D eigenvalue weighted by Gasteiger charge is 2.46. The largest absolute Gasteiger partial charge is 0.384 e. The SMILES string of the molecule is Cc1cc(Nc2cc(N)ncn2)c(=O)n2c1C(=O)NC21CCCC1.Cl. The quantitative estimate of drug-likeness (QED) is 0.748. The van der Waals surface area contributed by atoms with Gasteiger partial charge in [0, 0.05) is 6.07 Å². The van der Waals surface area contributed by atoms with Crippen LogP contribution in [0.1, 0.15) is 41.7 Å². The Morgan fingerprint density at radius 1 is 1.24 bits per heavy atom. The van der Waals surface area contributed by atoms with Gasteiger partial charge in [-0.25, -0.2) is 9.97 Å². The van der Waals surface area contributed by atoms with Crippen molar-refractivity contribution in [1.82, 2.24) is 19.9 Å². The second-order valence-corrected chi connectivity index (χ2v) is 6.38. The predicted molar refractivity (Wildman–Crippen MR) is 96.3 cm³/mol. The van der Waals surface area contributed by atoms with Crippen LogP contribution < -0.4 is 21.9 Å². The number of nitrogens with two attached hydrogens (primary N) is 1. The number of pyridine rings is 1. The average Bonchev–Trinajstić information content (AvgIpc) is 3.10. The Morgan fingerprint density at radius 3 is 2.64 bits per heavy atom. The van der Waals surface area contributed by atoms with Crippen LogP contribution in [-0.2, 0) is 5.66 Å². The molecule has 0 aromatic carbocycles. The van der Waals surface area contributed by atoms with Crippen molar-refractivity contribution in [3.05, 3.63) is 40.1 Å². The molecule has 0 radical (unpaired) electrons. The van der Waals surface area contributed by atoms with Gasteiger partial charge in [-0.15, -0.1) is 12.4 Å². The molecule has 9 heteroatoms. The van der Waals surface area contributed by atoms with Crippen molar-refractivity contribution < 1.29 is 4.79 Å². The second kappa shape index (κ2) is 6.03. The summed E-state index contributed by atoms with van der Waals surface area (Å²) in [6.07, 6.45) is 4.86. The number of amides is 1. The lowest BCUT2D eigenvalue weighted by Gasteiger charge is -2.26. The van der Waals surface area contributed by atoms with E-state index in [9.17, 15) is 9.59 Å². The van der Waals surface area contributed by atoms with Crippen LogP contribution in [0.25, 0.3) is 0 Å². The molecule has 3 heterocycles. The van der Waals surface area contributed by atoms with Crippen LogP contribution in [0.15, 0.2) is 23.3 Å². The van der Waals surface area contributed by atoms with Gasteiger partial charge in [-0.3, -0.25) is 14.2 Å². The van der Waals surface area contributed by atoms with Gasteiger partial charge in [0.2, 0.25) is 0 Å². The zero-order valence-corrected chi connectivity index (χ0v) is 14.5. The lowest BCUT2D eigenvalue weighted by molar-refractivity contribution is 0.0920. The molecule has 0 unspecified atom stereocenters. The molecule has 1 aliphatic heterocycles. The minimum absolute atomic E-state index is 0. The molecule has 4 rings (SSSR count). The van der Waals surface area contributed by atoms with E-state index in [0.29, 0.717) is 23.0 Å². The zero-order valence-electron chi connectivity index (χ0n) is 13.7. The summed E-state index contributed by atoms with van der Waals surface area (Å²) in [5.74, 6) is 0.580. The summed E-state index contributed by atoms with van der Waals surface area (Å²) >= 11 is 0. The topological polar surface area (TPSA) is 115 Å². The Kier molecular flexibility index (Phi) is 4.16. The highest BCUT2D eigenvalue weighted by atomic mass is 35.5. The molecule has 1 fully saturated rings. The lowest BCUT2D eigenvalue weighted by atomic mass is 10.1. The maximum atomic E-state index is 13.0. The minimum atomic E-state index is -0.587. The Hall–Kier alpha value is -2.61. The van der Waals surface area contributed by atoms with Gasteiger partial charge in [-0.2, -0.15) is 0 Å². The van der Waals surface area contributed by atoms with Gasteiger partial charge in [0.1, 0.15) is 35.0 Å². The van der Waals surface area contributed by atoms with Crippen LogP contribution in [0.5, 0.6) is 0 Å². The van der Waals surface area contributed by atoms with Crippen molar-refractivity contribution in [3.8, 4) is 0 Å². The van der Waals surface area contributed by atoms with Gasteiger partial charge < -0.3 is 16.4 Å². The van der Waals surface area contributed by atoms with Crippen molar-refractivity contribution in [2.45, 2.75) is 38.3 Å². The number of nitrogens with one attached hydrogen (secondary N) is 2. The fourth-order valence-electron chi connectivity index (χ4n) is 3.74. The summed E-state index contributed by atoms with van der Waals surface area (Å²) in [5, 5.41) is 6.03. The Bertz CT molecular complexity index is 904. The van der Waals surface area contributed by atoms with Crippen molar-refractivity contribution >= 4 is 35.6 Å². The first-order valence-electron chi connectivity index (χ1n) is 7.94. The molecule has 1 aliphatic carbocycles.